The molecule has 7 nitrogen and oxygen atoms in total. The highest BCUT2D eigenvalue weighted by atomic mass is 16.1. The summed E-state index contributed by atoms with van der Waals surface area (Å²) in [7, 11) is 1.97. The fraction of sp³-hybridized carbons (Fsp3) is 0.286. The Balaban J connectivity index is 0.00000342. The van der Waals surface area contributed by atoms with Crippen molar-refractivity contribution in [1.29, 1.82) is 0 Å². The topological polar surface area (TPSA) is 83.7 Å². The maximum absolute atomic E-state index is 12.9. The molecule has 0 aliphatic carbocycles. The molecule has 186 valence electrons. The van der Waals surface area contributed by atoms with Gasteiger partial charge in [0, 0.05) is 58.2 Å². The highest BCUT2D eigenvalue weighted by Gasteiger charge is 2.12. The Hall–Kier alpha value is -4.00. The molecule has 0 fully saturated rings. The average molecular weight is 475 g/mol. The van der Waals surface area contributed by atoms with Gasteiger partial charge in [0.1, 0.15) is 0 Å². The lowest BCUT2D eigenvalue weighted by molar-refractivity contribution is 0.102. The van der Waals surface area contributed by atoms with Crippen molar-refractivity contribution in [3.8, 4) is 0 Å². The lowest BCUT2D eigenvalue weighted by Crippen LogP contribution is -2.17. The van der Waals surface area contributed by atoms with E-state index in [4.69, 9.17) is 0 Å². The van der Waals surface area contributed by atoms with Crippen LogP contribution in [0.25, 0.3) is 11.0 Å². The van der Waals surface area contributed by atoms with E-state index in [2.05, 4.69) is 39.1 Å². The molecular formula is C28H38N6O. The van der Waals surface area contributed by atoms with Gasteiger partial charge in [0.25, 0.3) is 5.91 Å². The largest absolute Gasteiger partial charge is 0.381 e. The number of nitrogens with one attached hydrogen (secondary N) is 2. The molecule has 0 saturated carbocycles. The summed E-state index contributed by atoms with van der Waals surface area (Å²) in [6.45, 7) is 14.6. The van der Waals surface area contributed by atoms with Gasteiger partial charge < -0.3 is 15.2 Å². The number of fused-ring (bicyclic) bond motifs is 1. The number of benzene rings is 1. The first-order valence-electron chi connectivity index (χ1n) is 11.7. The van der Waals surface area contributed by atoms with Crippen LogP contribution in [0, 0.1) is 6.92 Å². The van der Waals surface area contributed by atoms with E-state index in [-0.39, 0.29) is 14.8 Å². The molecule has 0 aliphatic heterocycles. The SMILES string of the molecule is C=C(C)C(C=NCC)=N/C=C(\C)N[C@@H](C)c1cccc(NC(=O)c2cnc3cc(C)n(C)c3c2)c1.[HH].[HH]. The number of aliphatic imine (C=N–C) groups is 2. The van der Waals surface area contributed by atoms with Crippen LogP contribution in [0.15, 0.2) is 76.6 Å². The number of carbonyl (C=O) groups excluding carboxylic acids is 1. The Kier molecular flexibility index (Phi) is 8.36. The van der Waals surface area contributed by atoms with Gasteiger partial charge in [0.05, 0.1) is 22.3 Å². The number of allylic oxidation sites excluding steroid dienone is 2. The van der Waals surface area contributed by atoms with Crippen molar-refractivity contribution >= 4 is 34.6 Å². The average Bonchev–Trinajstić information content (AvgIpc) is 3.11. The van der Waals surface area contributed by atoms with E-state index in [1.54, 1.807) is 18.6 Å². The van der Waals surface area contributed by atoms with Gasteiger partial charge in [-0.05, 0) is 70.0 Å². The minimum Gasteiger partial charge on any atom is -0.381 e. The molecule has 7 heteroatoms. The van der Waals surface area contributed by atoms with Gasteiger partial charge in [-0.3, -0.25) is 19.8 Å². The summed E-state index contributed by atoms with van der Waals surface area (Å²) in [6.07, 6.45) is 5.14. The summed E-state index contributed by atoms with van der Waals surface area (Å²) in [5.74, 6) is -0.192. The number of carbonyl (C=O) groups is 1. The molecule has 0 saturated heterocycles. The van der Waals surface area contributed by atoms with Crippen molar-refractivity contribution in [3.05, 3.63) is 83.5 Å². The normalized spacial score (nSPS) is 13.3. The van der Waals surface area contributed by atoms with E-state index in [1.165, 1.54) is 0 Å². The summed E-state index contributed by atoms with van der Waals surface area (Å²) in [6, 6.07) is 11.7. The summed E-state index contributed by atoms with van der Waals surface area (Å²) in [5.41, 5.74) is 7.72. The second kappa shape index (κ2) is 11.4. The highest BCUT2D eigenvalue weighted by Crippen LogP contribution is 2.21. The molecule has 0 unspecified atom stereocenters. The van der Waals surface area contributed by atoms with E-state index in [0.717, 1.165) is 45.0 Å². The molecule has 0 bridgehead atoms. The lowest BCUT2D eigenvalue weighted by Gasteiger charge is -2.17. The molecule has 2 aromatic heterocycles. The minimum atomic E-state index is -0.192. The number of pyridine rings is 1. The Labute approximate surface area is 210 Å². The first kappa shape index (κ1) is 25.6. The monoisotopic (exact) mass is 474 g/mol. The van der Waals surface area contributed by atoms with Crippen LogP contribution in [-0.4, -0.2) is 33.9 Å². The second-order valence-corrected chi connectivity index (χ2v) is 8.65. The van der Waals surface area contributed by atoms with Crippen molar-refractivity contribution < 1.29 is 7.65 Å². The van der Waals surface area contributed by atoms with E-state index in [1.807, 2.05) is 75.7 Å². The number of amides is 1. The number of aromatic nitrogens is 2. The van der Waals surface area contributed by atoms with Crippen LogP contribution < -0.4 is 10.6 Å². The quantitative estimate of drug-likeness (QED) is 0.360. The van der Waals surface area contributed by atoms with Gasteiger partial charge in [-0.25, -0.2) is 0 Å². The molecule has 2 N–H and O–H groups in total. The molecule has 0 radical (unpaired) electrons. The predicted molar refractivity (Wildman–Crippen MR) is 151 cm³/mol. The van der Waals surface area contributed by atoms with Gasteiger partial charge >= 0.3 is 0 Å². The molecule has 1 amide bonds. The van der Waals surface area contributed by atoms with Crippen LogP contribution in [0.3, 0.4) is 0 Å². The summed E-state index contributed by atoms with van der Waals surface area (Å²) >= 11 is 0. The van der Waals surface area contributed by atoms with Crippen LogP contribution in [-0.2, 0) is 7.05 Å². The Morgan fingerprint density at radius 3 is 2.77 bits per heavy atom. The van der Waals surface area contributed by atoms with E-state index >= 15 is 0 Å². The molecule has 2 heterocycles. The summed E-state index contributed by atoms with van der Waals surface area (Å²) in [5, 5.41) is 6.43. The fourth-order valence-electron chi connectivity index (χ4n) is 3.60. The molecule has 3 rings (SSSR count). The molecule has 35 heavy (non-hydrogen) atoms. The maximum atomic E-state index is 12.9. The van der Waals surface area contributed by atoms with Gasteiger partial charge in [-0.15, -0.1) is 0 Å². The van der Waals surface area contributed by atoms with Crippen LogP contribution in [0.1, 0.15) is 58.2 Å². The zero-order valence-electron chi connectivity index (χ0n) is 21.4. The third-order valence-corrected chi connectivity index (χ3v) is 5.71. The van der Waals surface area contributed by atoms with Crippen molar-refractivity contribution in [3.63, 3.8) is 0 Å². The third-order valence-electron chi connectivity index (χ3n) is 5.71. The first-order chi connectivity index (χ1) is 16.7. The van der Waals surface area contributed by atoms with Crippen LogP contribution in [0.5, 0.6) is 0 Å². The van der Waals surface area contributed by atoms with Crippen molar-refractivity contribution in [1.82, 2.24) is 14.9 Å². The number of aryl methyl sites for hydroxylation is 2. The van der Waals surface area contributed by atoms with Crippen molar-refractivity contribution in [2.45, 2.75) is 40.7 Å². The molecule has 1 aromatic carbocycles. The summed E-state index contributed by atoms with van der Waals surface area (Å²) in [4.78, 5) is 26.1. The lowest BCUT2D eigenvalue weighted by atomic mass is 10.1. The van der Waals surface area contributed by atoms with E-state index < -0.39 is 0 Å². The Bertz CT molecular complexity index is 1340. The van der Waals surface area contributed by atoms with Gasteiger partial charge in [-0.2, -0.15) is 0 Å². The molecule has 3 aromatic rings. The number of rotatable bonds is 9. The van der Waals surface area contributed by atoms with Gasteiger partial charge in [0.2, 0.25) is 0 Å². The minimum absolute atomic E-state index is 0. The standard InChI is InChI=1S/C28H34N6O.2H2/c1-8-29-17-26(18(2)3)30-15-19(4)32-21(6)22-10-9-11-24(13-22)33-28(35)23-14-27-25(31-16-23)12-20(5)34(27)7;;/h9-17,21,32H,2,8H2,1,3-7H3,(H,33,35);2*1H/b19-15+,29-17?,30-26?;;/t21-;;/m0../s1. The molecular weight excluding hydrogens is 436 g/mol. The number of anilines is 1. The van der Waals surface area contributed by atoms with E-state index in [9.17, 15) is 4.79 Å². The molecule has 1 atom stereocenters. The van der Waals surface area contributed by atoms with Crippen LogP contribution in [0.4, 0.5) is 5.69 Å². The third kappa shape index (κ3) is 6.53. The number of hydrogen-bond donors (Lipinski definition) is 2. The fourth-order valence-corrected chi connectivity index (χ4v) is 3.60. The molecule has 0 aliphatic rings. The Morgan fingerprint density at radius 1 is 1.29 bits per heavy atom. The van der Waals surface area contributed by atoms with Crippen molar-refractivity contribution in [2.75, 3.05) is 11.9 Å². The smallest absolute Gasteiger partial charge is 0.257 e. The predicted octanol–water partition coefficient (Wildman–Crippen LogP) is 6.25. The maximum Gasteiger partial charge on any atom is 0.257 e. The van der Waals surface area contributed by atoms with Crippen LogP contribution >= 0.6 is 0 Å². The van der Waals surface area contributed by atoms with Crippen LogP contribution in [0.2, 0.25) is 0 Å². The second-order valence-electron chi connectivity index (χ2n) is 8.65. The van der Waals surface area contributed by atoms with Crippen molar-refractivity contribution in [2.24, 2.45) is 17.0 Å². The number of nitrogens with zero attached hydrogens (tertiary/aromatic N) is 4. The van der Waals surface area contributed by atoms with Gasteiger partial charge in [-0.1, -0.05) is 18.7 Å². The highest BCUT2D eigenvalue weighted by molar-refractivity contribution is 6.37. The Morgan fingerprint density at radius 2 is 2.06 bits per heavy atom. The molecule has 0 spiro atoms. The summed E-state index contributed by atoms with van der Waals surface area (Å²) < 4.78 is 2.03. The number of hydrogen-bond acceptors (Lipinski definition) is 5. The zero-order chi connectivity index (χ0) is 25.5. The van der Waals surface area contributed by atoms with E-state index in [0.29, 0.717) is 12.1 Å². The first-order valence-corrected chi connectivity index (χ1v) is 11.7. The van der Waals surface area contributed by atoms with Gasteiger partial charge in [0.15, 0.2) is 0 Å². The zero-order valence-corrected chi connectivity index (χ0v) is 21.4.